The number of benzene rings is 1. The van der Waals surface area contributed by atoms with Crippen LogP contribution in [0.15, 0.2) is 18.2 Å². The van der Waals surface area contributed by atoms with Crippen molar-refractivity contribution >= 4 is 41.0 Å². The number of nitrogens with zero attached hydrogens (tertiary/aromatic N) is 1. The summed E-state index contributed by atoms with van der Waals surface area (Å²) in [7, 11) is 2.98. The SMILES string of the molecule is COc1cc(OC)cc(N2C(=O)CC(SCCO)(SCCO)C2=O)c1. The Labute approximate surface area is 154 Å². The van der Waals surface area contributed by atoms with E-state index in [0.29, 0.717) is 28.7 Å². The van der Waals surface area contributed by atoms with Gasteiger partial charge >= 0.3 is 0 Å². The molecule has 1 aromatic carbocycles. The number of thioether (sulfide) groups is 2. The normalized spacial score (nSPS) is 16.4. The Morgan fingerprint density at radius 3 is 2.00 bits per heavy atom. The number of imide groups is 1. The van der Waals surface area contributed by atoms with Crippen LogP contribution in [0.25, 0.3) is 0 Å². The molecule has 0 saturated carbocycles. The van der Waals surface area contributed by atoms with Crippen LogP contribution in [-0.4, -0.2) is 65.0 Å². The third-order valence-electron chi connectivity index (χ3n) is 3.61. The van der Waals surface area contributed by atoms with Gasteiger partial charge in [0.05, 0.1) is 39.5 Å². The lowest BCUT2D eigenvalue weighted by atomic mass is 10.2. The molecule has 2 N–H and O–H groups in total. The van der Waals surface area contributed by atoms with Crippen LogP contribution in [0, 0.1) is 0 Å². The minimum Gasteiger partial charge on any atom is -0.497 e. The van der Waals surface area contributed by atoms with Crippen LogP contribution in [-0.2, 0) is 9.59 Å². The van der Waals surface area contributed by atoms with Crippen molar-refractivity contribution in [3.8, 4) is 11.5 Å². The summed E-state index contributed by atoms with van der Waals surface area (Å²) in [6, 6.07) is 4.85. The van der Waals surface area contributed by atoms with E-state index in [9.17, 15) is 9.59 Å². The molecule has 0 unspecified atom stereocenters. The second-order valence-electron chi connectivity index (χ2n) is 5.18. The molecule has 1 saturated heterocycles. The predicted molar refractivity (Wildman–Crippen MR) is 98.5 cm³/mol. The van der Waals surface area contributed by atoms with E-state index >= 15 is 0 Å². The Kier molecular flexibility index (Phi) is 7.00. The molecule has 9 heteroatoms. The summed E-state index contributed by atoms with van der Waals surface area (Å²) in [6.45, 7) is -0.193. The largest absolute Gasteiger partial charge is 0.497 e. The van der Waals surface area contributed by atoms with Crippen molar-refractivity contribution in [2.75, 3.05) is 43.8 Å². The number of carbonyl (C=O) groups is 2. The van der Waals surface area contributed by atoms with Crippen LogP contribution >= 0.6 is 23.5 Å². The van der Waals surface area contributed by atoms with E-state index in [4.69, 9.17) is 19.7 Å². The first-order valence-corrected chi connectivity index (χ1v) is 9.58. The van der Waals surface area contributed by atoms with Gasteiger partial charge in [-0.3, -0.25) is 9.59 Å². The second-order valence-corrected chi connectivity index (χ2v) is 8.23. The number of amides is 2. The number of hydrogen-bond donors (Lipinski definition) is 2. The number of aliphatic hydroxyl groups is 2. The highest BCUT2D eigenvalue weighted by Crippen LogP contribution is 2.48. The molecule has 1 aliphatic heterocycles. The van der Waals surface area contributed by atoms with Gasteiger partial charge in [-0.05, 0) is 0 Å². The van der Waals surface area contributed by atoms with Gasteiger partial charge in [0.1, 0.15) is 15.6 Å². The Morgan fingerprint density at radius 2 is 1.56 bits per heavy atom. The topological polar surface area (TPSA) is 96.3 Å². The van der Waals surface area contributed by atoms with Gasteiger partial charge in [0.2, 0.25) is 5.91 Å². The summed E-state index contributed by atoms with van der Waals surface area (Å²) >= 11 is 2.46. The molecule has 25 heavy (non-hydrogen) atoms. The summed E-state index contributed by atoms with van der Waals surface area (Å²) in [5.41, 5.74) is 0.377. The lowest BCUT2D eigenvalue weighted by Gasteiger charge is -2.25. The first-order valence-electron chi connectivity index (χ1n) is 7.61. The maximum atomic E-state index is 13.1. The van der Waals surface area contributed by atoms with Crippen molar-refractivity contribution in [3.05, 3.63) is 18.2 Å². The molecule has 0 atom stereocenters. The summed E-state index contributed by atoms with van der Waals surface area (Å²) in [4.78, 5) is 26.8. The Hall–Kier alpha value is -1.42. The third kappa shape index (κ3) is 4.22. The highest BCUT2D eigenvalue weighted by molar-refractivity contribution is 8.19. The van der Waals surface area contributed by atoms with Crippen molar-refractivity contribution in [2.45, 2.75) is 10.5 Å². The van der Waals surface area contributed by atoms with Gasteiger partial charge in [0.25, 0.3) is 5.91 Å². The zero-order valence-electron chi connectivity index (χ0n) is 14.1. The van der Waals surface area contributed by atoms with E-state index in [2.05, 4.69) is 0 Å². The number of carbonyl (C=O) groups excluding carboxylic acids is 2. The van der Waals surface area contributed by atoms with Crippen molar-refractivity contribution < 1.29 is 29.3 Å². The average molecular weight is 387 g/mol. The number of rotatable bonds is 9. The van der Waals surface area contributed by atoms with E-state index in [-0.39, 0.29) is 31.4 Å². The minimum absolute atomic E-state index is 0.000686. The summed E-state index contributed by atoms with van der Waals surface area (Å²) in [5, 5.41) is 18.2. The maximum absolute atomic E-state index is 13.1. The van der Waals surface area contributed by atoms with Crippen LogP contribution in [0.5, 0.6) is 11.5 Å². The predicted octanol–water partition coefficient (Wildman–Crippen LogP) is 1.11. The molecule has 0 aliphatic carbocycles. The van der Waals surface area contributed by atoms with Gasteiger partial charge in [0.15, 0.2) is 0 Å². The van der Waals surface area contributed by atoms with Crippen LogP contribution in [0.1, 0.15) is 6.42 Å². The molecule has 0 radical (unpaired) electrons. The van der Waals surface area contributed by atoms with Crippen LogP contribution in [0.2, 0.25) is 0 Å². The maximum Gasteiger partial charge on any atom is 0.260 e. The standard InChI is InChI=1S/C16H21NO6S2/c1-22-12-7-11(8-13(9-12)23-2)17-14(20)10-16(15(17)21,24-5-3-18)25-6-4-19/h7-9,18-19H,3-6,10H2,1-2H3. The molecule has 1 heterocycles. The summed E-state index contributed by atoms with van der Waals surface area (Å²) in [5.74, 6) is 0.886. The minimum atomic E-state index is -1.04. The van der Waals surface area contributed by atoms with Crippen LogP contribution in [0.3, 0.4) is 0 Å². The molecule has 1 aromatic rings. The zero-order valence-corrected chi connectivity index (χ0v) is 15.7. The lowest BCUT2D eigenvalue weighted by Crippen LogP contribution is -2.37. The van der Waals surface area contributed by atoms with Gasteiger partial charge in [-0.15, -0.1) is 23.5 Å². The molecule has 2 rings (SSSR count). The highest BCUT2D eigenvalue weighted by Gasteiger charge is 2.53. The van der Waals surface area contributed by atoms with Gasteiger partial charge in [-0.25, -0.2) is 4.90 Å². The van der Waals surface area contributed by atoms with E-state index in [1.165, 1.54) is 37.7 Å². The molecule has 2 amide bonds. The Bertz CT molecular complexity index is 609. The van der Waals surface area contributed by atoms with Crippen molar-refractivity contribution in [3.63, 3.8) is 0 Å². The van der Waals surface area contributed by atoms with Crippen molar-refractivity contribution in [2.24, 2.45) is 0 Å². The lowest BCUT2D eigenvalue weighted by molar-refractivity contribution is -0.121. The molecular formula is C16H21NO6S2. The van der Waals surface area contributed by atoms with E-state index in [1.807, 2.05) is 0 Å². The quantitative estimate of drug-likeness (QED) is 0.481. The third-order valence-corrected chi connectivity index (χ3v) is 6.66. The van der Waals surface area contributed by atoms with Crippen LogP contribution in [0.4, 0.5) is 5.69 Å². The molecule has 1 aliphatic rings. The highest BCUT2D eigenvalue weighted by atomic mass is 32.2. The smallest absolute Gasteiger partial charge is 0.260 e. The average Bonchev–Trinajstić information content (AvgIpc) is 2.88. The summed E-state index contributed by atoms with van der Waals surface area (Å²) < 4.78 is 9.36. The monoisotopic (exact) mass is 387 g/mol. The first-order chi connectivity index (χ1) is 12.0. The van der Waals surface area contributed by atoms with E-state index < -0.39 is 4.08 Å². The summed E-state index contributed by atoms with van der Waals surface area (Å²) in [6.07, 6.45) is 0.000686. The molecular weight excluding hydrogens is 366 g/mol. The Balaban J connectivity index is 2.39. The number of methoxy groups -OCH3 is 2. The van der Waals surface area contributed by atoms with Crippen LogP contribution < -0.4 is 14.4 Å². The van der Waals surface area contributed by atoms with E-state index in [0.717, 1.165) is 4.90 Å². The zero-order chi connectivity index (χ0) is 18.4. The van der Waals surface area contributed by atoms with Gasteiger partial charge in [0, 0.05) is 29.7 Å². The number of ether oxygens (including phenoxy) is 2. The fraction of sp³-hybridized carbons (Fsp3) is 0.500. The van der Waals surface area contributed by atoms with Gasteiger partial charge < -0.3 is 19.7 Å². The van der Waals surface area contributed by atoms with E-state index in [1.54, 1.807) is 18.2 Å². The number of aliphatic hydroxyl groups excluding tert-OH is 2. The second kappa shape index (κ2) is 8.79. The fourth-order valence-electron chi connectivity index (χ4n) is 2.51. The van der Waals surface area contributed by atoms with Crippen molar-refractivity contribution in [1.29, 1.82) is 0 Å². The van der Waals surface area contributed by atoms with Gasteiger partial charge in [-0.1, -0.05) is 0 Å². The molecule has 0 spiro atoms. The first kappa shape index (κ1) is 19.9. The number of hydrogen-bond acceptors (Lipinski definition) is 8. The molecule has 7 nitrogen and oxygen atoms in total. The fourth-order valence-corrected chi connectivity index (χ4v) is 5.06. The van der Waals surface area contributed by atoms with Gasteiger partial charge in [-0.2, -0.15) is 0 Å². The molecule has 1 fully saturated rings. The molecule has 138 valence electrons. The molecule has 0 aromatic heterocycles. The number of anilines is 1. The Morgan fingerprint density at radius 1 is 1.04 bits per heavy atom. The molecule has 0 bridgehead atoms. The van der Waals surface area contributed by atoms with Crippen molar-refractivity contribution in [1.82, 2.24) is 0 Å².